The van der Waals surface area contributed by atoms with E-state index in [2.05, 4.69) is 28.9 Å². The van der Waals surface area contributed by atoms with Crippen molar-refractivity contribution in [3.05, 3.63) is 41.6 Å². The van der Waals surface area contributed by atoms with Crippen LogP contribution in [0.15, 0.2) is 30.3 Å². The Labute approximate surface area is 147 Å². The topological polar surface area (TPSA) is 89.9 Å². The van der Waals surface area contributed by atoms with Gasteiger partial charge in [0.1, 0.15) is 5.75 Å². The fraction of sp³-hybridized carbons (Fsp3) is 0.316. The number of hydrogen-bond donors (Lipinski definition) is 2. The van der Waals surface area contributed by atoms with E-state index in [1.165, 1.54) is 0 Å². The van der Waals surface area contributed by atoms with E-state index in [0.717, 1.165) is 36.2 Å². The number of rotatable bonds is 5. The Hall–Kier alpha value is -2.89. The van der Waals surface area contributed by atoms with Crippen LogP contribution >= 0.6 is 0 Å². The predicted octanol–water partition coefficient (Wildman–Crippen LogP) is 3.35. The highest BCUT2D eigenvalue weighted by molar-refractivity contribution is 5.72. The molecule has 6 heteroatoms. The average molecular weight is 337 g/mol. The third-order valence-corrected chi connectivity index (χ3v) is 4.19. The summed E-state index contributed by atoms with van der Waals surface area (Å²) < 4.78 is 1.80. The van der Waals surface area contributed by atoms with Gasteiger partial charge in [-0.25, -0.2) is 9.97 Å². The first-order valence-electron chi connectivity index (χ1n) is 8.52. The molecule has 3 rings (SSSR count). The van der Waals surface area contributed by atoms with E-state index in [9.17, 15) is 5.11 Å². The normalized spacial score (nSPS) is 11.0. The molecule has 25 heavy (non-hydrogen) atoms. The van der Waals surface area contributed by atoms with Gasteiger partial charge in [0, 0.05) is 12.6 Å². The van der Waals surface area contributed by atoms with Crippen LogP contribution in [0.3, 0.4) is 0 Å². The molecule has 0 radical (unpaired) electrons. The Morgan fingerprint density at radius 1 is 1.08 bits per heavy atom. The molecule has 0 spiro atoms. The van der Waals surface area contributed by atoms with Gasteiger partial charge in [0.25, 0.3) is 0 Å². The van der Waals surface area contributed by atoms with Gasteiger partial charge in [-0.3, -0.25) is 4.68 Å². The Bertz CT molecular complexity index is 901. The summed E-state index contributed by atoms with van der Waals surface area (Å²) in [6.07, 6.45) is 2.83. The fourth-order valence-corrected chi connectivity index (χ4v) is 2.89. The third kappa shape index (κ3) is 3.47. The van der Waals surface area contributed by atoms with Gasteiger partial charge in [-0.05, 0) is 42.7 Å². The van der Waals surface area contributed by atoms with E-state index in [1.807, 2.05) is 31.3 Å². The van der Waals surface area contributed by atoms with Crippen molar-refractivity contribution in [2.45, 2.75) is 33.1 Å². The lowest BCUT2D eigenvalue weighted by Gasteiger charge is -2.09. The number of anilines is 1. The summed E-state index contributed by atoms with van der Waals surface area (Å²) in [5.41, 5.74) is 10.9. The first-order valence-corrected chi connectivity index (χ1v) is 8.52. The molecule has 0 amide bonds. The summed E-state index contributed by atoms with van der Waals surface area (Å²) in [6.45, 7) is 4.19. The highest BCUT2D eigenvalue weighted by atomic mass is 16.3. The molecule has 3 aromatic rings. The summed E-state index contributed by atoms with van der Waals surface area (Å²) in [5.74, 6) is 0.352. The van der Waals surface area contributed by atoms with Crippen molar-refractivity contribution in [3.8, 4) is 28.4 Å². The van der Waals surface area contributed by atoms with Crippen molar-refractivity contribution < 1.29 is 5.11 Å². The molecule has 0 aliphatic rings. The molecule has 0 saturated carbocycles. The standard InChI is InChI=1S/C19H23N5O/c1-4-6-13-10-17(24(3)23-13)16-11-15(21-19(20)22-16)14-9-12(5-2)7-8-18(14)25/h7-11,25H,4-6H2,1-3H3,(H2,20,21,22). The number of aromatic hydroxyl groups is 1. The zero-order valence-electron chi connectivity index (χ0n) is 14.8. The molecule has 2 aromatic heterocycles. The Morgan fingerprint density at radius 2 is 1.84 bits per heavy atom. The van der Waals surface area contributed by atoms with Crippen molar-refractivity contribution in [3.63, 3.8) is 0 Å². The monoisotopic (exact) mass is 337 g/mol. The SMILES string of the molecule is CCCc1cc(-c2cc(-c3cc(CC)ccc3O)nc(N)n2)n(C)n1. The summed E-state index contributed by atoms with van der Waals surface area (Å²) in [5, 5.41) is 14.8. The summed E-state index contributed by atoms with van der Waals surface area (Å²) in [6, 6.07) is 9.40. The second-order valence-electron chi connectivity index (χ2n) is 6.10. The van der Waals surface area contributed by atoms with Crippen molar-refractivity contribution in [1.29, 1.82) is 0 Å². The van der Waals surface area contributed by atoms with Gasteiger partial charge in [0.05, 0.1) is 22.8 Å². The molecule has 0 atom stereocenters. The minimum absolute atomic E-state index is 0.173. The molecule has 0 saturated heterocycles. The molecule has 6 nitrogen and oxygen atoms in total. The molecule has 2 heterocycles. The van der Waals surface area contributed by atoms with Crippen LogP contribution < -0.4 is 5.73 Å². The summed E-state index contributed by atoms with van der Waals surface area (Å²) in [4.78, 5) is 8.68. The molecular formula is C19H23N5O. The number of benzene rings is 1. The van der Waals surface area contributed by atoms with Gasteiger partial charge in [-0.1, -0.05) is 26.3 Å². The molecule has 1 aromatic carbocycles. The van der Waals surface area contributed by atoms with Crippen molar-refractivity contribution in [2.75, 3.05) is 5.73 Å². The van der Waals surface area contributed by atoms with Gasteiger partial charge in [0.15, 0.2) is 0 Å². The fourth-order valence-electron chi connectivity index (χ4n) is 2.89. The summed E-state index contributed by atoms with van der Waals surface area (Å²) >= 11 is 0. The van der Waals surface area contributed by atoms with Gasteiger partial charge in [-0.15, -0.1) is 0 Å². The number of aromatic nitrogens is 4. The lowest BCUT2D eigenvalue weighted by molar-refractivity contribution is 0.477. The Morgan fingerprint density at radius 3 is 2.56 bits per heavy atom. The Balaban J connectivity index is 2.10. The van der Waals surface area contributed by atoms with Gasteiger partial charge >= 0.3 is 0 Å². The second kappa shape index (κ2) is 6.93. The smallest absolute Gasteiger partial charge is 0.221 e. The molecule has 130 valence electrons. The number of phenols is 1. The Kier molecular flexibility index (Phi) is 4.70. The number of nitrogen functional groups attached to an aromatic ring is 1. The second-order valence-corrected chi connectivity index (χ2v) is 6.10. The zero-order valence-corrected chi connectivity index (χ0v) is 14.8. The van der Waals surface area contributed by atoms with Gasteiger partial charge in [-0.2, -0.15) is 5.10 Å². The van der Waals surface area contributed by atoms with Crippen molar-refractivity contribution in [1.82, 2.24) is 19.7 Å². The minimum atomic E-state index is 0.173. The molecule has 0 fully saturated rings. The maximum absolute atomic E-state index is 10.2. The van der Waals surface area contributed by atoms with E-state index in [4.69, 9.17) is 5.73 Å². The maximum atomic E-state index is 10.2. The highest BCUT2D eigenvalue weighted by Gasteiger charge is 2.14. The van der Waals surface area contributed by atoms with E-state index in [0.29, 0.717) is 17.0 Å². The van der Waals surface area contributed by atoms with E-state index in [1.54, 1.807) is 10.7 Å². The van der Waals surface area contributed by atoms with E-state index >= 15 is 0 Å². The van der Waals surface area contributed by atoms with Crippen LogP contribution in [-0.4, -0.2) is 24.9 Å². The van der Waals surface area contributed by atoms with Gasteiger partial charge < -0.3 is 10.8 Å². The zero-order chi connectivity index (χ0) is 18.0. The maximum Gasteiger partial charge on any atom is 0.221 e. The van der Waals surface area contributed by atoms with Crippen LogP contribution in [0.1, 0.15) is 31.5 Å². The quantitative estimate of drug-likeness (QED) is 0.745. The highest BCUT2D eigenvalue weighted by Crippen LogP contribution is 2.31. The molecule has 0 aliphatic carbocycles. The first kappa shape index (κ1) is 17.0. The largest absolute Gasteiger partial charge is 0.507 e. The van der Waals surface area contributed by atoms with Crippen molar-refractivity contribution in [2.24, 2.45) is 7.05 Å². The number of phenolic OH excluding ortho intramolecular Hbond substituents is 1. The van der Waals surface area contributed by atoms with Crippen LogP contribution in [0.25, 0.3) is 22.6 Å². The molecular weight excluding hydrogens is 314 g/mol. The number of hydrogen-bond acceptors (Lipinski definition) is 5. The number of nitrogens with zero attached hydrogens (tertiary/aromatic N) is 4. The van der Waals surface area contributed by atoms with Crippen molar-refractivity contribution >= 4 is 5.95 Å². The van der Waals surface area contributed by atoms with Crippen LogP contribution in [0.2, 0.25) is 0 Å². The molecule has 0 aliphatic heterocycles. The van der Waals surface area contributed by atoms with E-state index < -0.39 is 0 Å². The van der Waals surface area contributed by atoms with E-state index in [-0.39, 0.29) is 11.7 Å². The first-order chi connectivity index (χ1) is 12.0. The lowest BCUT2D eigenvalue weighted by Crippen LogP contribution is -2.02. The molecule has 0 unspecified atom stereocenters. The van der Waals surface area contributed by atoms with Crippen LogP contribution in [0.5, 0.6) is 5.75 Å². The predicted molar refractivity (Wildman–Crippen MR) is 99.1 cm³/mol. The minimum Gasteiger partial charge on any atom is -0.507 e. The van der Waals surface area contributed by atoms with Crippen LogP contribution in [-0.2, 0) is 19.9 Å². The van der Waals surface area contributed by atoms with Gasteiger partial charge in [0.2, 0.25) is 5.95 Å². The molecule has 3 N–H and O–H groups in total. The summed E-state index contributed by atoms with van der Waals surface area (Å²) in [7, 11) is 1.89. The van der Waals surface area contributed by atoms with Crippen LogP contribution in [0.4, 0.5) is 5.95 Å². The number of nitrogens with two attached hydrogens (primary N) is 1. The number of aryl methyl sites for hydroxylation is 3. The molecule has 0 bridgehead atoms. The van der Waals surface area contributed by atoms with Crippen LogP contribution in [0, 0.1) is 0 Å². The third-order valence-electron chi connectivity index (χ3n) is 4.19. The lowest BCUT2D eigenvalue weighted by atomic mass is 10.0. The average Bonchev–Trinajstić information content (AvgIpc) is 2.95.